The molecule has 1 amide bonds. The molecule has 9 nitrogen and oxygen atoms in total. The first-order valence-electron chi connectivity index (χ1n) is 11.3. The minimum Gasteiger partial charge on any atom is -0.469 e. The van der Waals surface area contributed by atoms with Crippen LogP contribution in [0.3, 0.4) is 0 Å². The molecule has 0 bridgehead atoms. The predicted molar refractivity (Wildman–Crippen MR) is 125 cm³/mol. The van der Waals surface area contributed by atoms with Gasteiger partial charge in [-0.1, -0.05) is 37.8 Å². The van der Waals surface area contributed by atoms with E-state index in [-0.39, 0.29) is 23.5 Å². The van der Waals surface area contributed by atoms with Crippen LogP contribution in [0, 0.1) is 11.8 Å². The molecule has 11 heteroatoms. The minimum atomic E-state index is -1.74. The van der Waals surface area contributed by atoms with Crippen molar-refractivity contribution in [2.75, 3.05) is 33.4 Å². The highest BCUT2D eigenvalue weighted by Gasteiger charge is 2.81. The molecule has 3 fully saturated rings. The van der Waals surface area contributed by atoms with Gasteiger partial charge in [0.2, 0.25) is 5.91 Å². The van der Waals surface area contributed by atoms with Gasteiger partial charge in [0.05, 0.1) is 32.7 Å². The molecule has 33 heavy (non-hydrogen) atoms. The minimum absolute atomic E-state index is 0.0555. The monoisotopic (exact) mass is 500 g/mol. The second-order valence-electron chi connectivity index (χ2n) is 8.88. The number of thioether (sulfide) groups is 1. The summed E-state index contributed by atoms with van der Waals surface area (Å²) in [6.45, 7) is 8.18. The zero-order valence-corrected chi connectivity index (χ0v) is 21.4. The molecule has 0 aromatic rings. The first-order chi connectivity index (χ1) is 15.6. The SMILES string of the molecule is CCOC(=O)CC1(C(=O)OCC)N2CCCC2C(C(=O)OC)C12SC(=S)N(CC(C)C)C2=O. The number of esters is 3. The molecule has 0 aliphatic carbocycles. The van der Waals surface area contributed by atoms with Gasteiger partial charge < -0.3 is 14.2 Å². The molecule has 4 unspecified atom stereocenters. The Morgan fingerprint density at radius 2 is 1.88 bits per heavy atom. The van der Waals surface area contributed by atoms with Crippen molar-refractivity contribution in [3.8, 4) is 0 Å². The molecular weight excluding hydrogens is 468 g/mol. The van der Waals surface area contributed by atoms with Gasteiger partial charge in [-0.25, -0.2) is 4.79 Å². The molecule has 3 saturated heterocycles. The first-order valence-corrected chi connectivity index (χ1v) is 12.6. The van der Waals surface area contributed by atoms with Crippen LogP contribution >= 0.6 is 24.0 Å². The van der Waals surface area contributed by atoms with Gasteiger partial charge in [0.25, 0.3) is 0 Å². The summed E-state index contributed by atoms with van der Waals surface area (Å²) in [5, 5.41) is 0. The number of rotatable bonds is 8. The third-order valence-corrected chi connectivity index (χ3v) is 8.53. The van der Waals surface area contributed by atoms with E-state index >= 15 is 0 Å². The Morgan fingerprint density at radius 3 is 2.45 bits per heavy atom. The smallest absolute Gasteiger partial charge is 0.329 e. The zero-order chi connectivity index (χ0) is 24.6. The van der Waals surface area contributed by atoms with E-state index in [2.05, 4.69) is 0 Å². The number of nitrogens with zero attached hydrogens (tertiary/aromatic N) is 2. The number of carbonyl (C=O) groups excluding carboxylic acids is 4. The molecule has 0 N–H and O–H groups in total. The number of fused-ring (bicyclic) bond motifs is 1. The fourth-order valence-electron chi connectivity index (χ4n) is 5.55. The van der Waals surface area contributed by atoms with Crippen molar-refractivity contribution in [3.63, 3.8) is 0 Å². The summed E-state index contributed by atoms with van der Waals surface area (Å²) < 4.78 is 14.5. The maximum absolute atomic E-state index is 14.2. The highest BCUT2D eigenvalue weighted by molar-refractivity contribution is 8.25. The Balaban J connectivity index is 2.30. The summed E-state index contributed by atoms with van der Waals surface area (Å²) in [5.74, 6) is -3.29. The summed E-state index contributed by atoms with van der Waals surface area (Å²) in [5.41, 5.74) is -1.74. The lowest BCUT2D eigenvalue weighted by atomic mass is 9.73. The molecule has 0 saturated carbocycles. The molecule has 0 radical (unpaired) electrons. The summed E-state index contributed by atoms with van der Waals surface area (Å²) in [4.78, 5) is 57.4. The molecule has 3 aliphatic heterocycles. The second kappa shape index (κ2) is 9.87. The lowest BCUT2D eigenvalue weighted by molar-refractivity contribution is -0.167. The van der Waals surface area contributed by atoms with Crippen LogP contribution in [0.25, 0.3) is 0 Å². The van der Waals surface area contributed by atoms with Gasteiger partial charge in [0.1, 0.15) is 9.07 Å². The van der Waals surface area contributed by atoms with E-state index in [0.29, 0.717) is 25.9 Å². The number of carbonyl (C=O) groups is 4. The highest BCUT2D eigenvalue weighted by Crippen LogP contribution is 2.62. The van der Waals surface area contributed by atoms with E-state index in [4.69, 9.17) is 26.4 Å². The first kappa shape index (κ1) is 25.9. The van der Waals surface area contributed by atoms with E-state index in [9.17, 15) is 19.2 Å². The summed E-state index contributed by atoms with van der Waals surface area (Å²) in [6.07, 6.45) is 0.869. The largest absolute Gasteiger partial charge is 0.469 e. The standard InChI is InChI=1S/C22H32N2O7S2/c1-6-30-15(25)11-21(19(28)31-7-2)22(18(27)23(12-13(3)4)20(32)33-22)16(17(26)29-5)14-9-8-10-24(14)21/h13-14,16H,6-12H2,1-5H3. The van der Waals surface area contributed by atoms with Gasteiger partial charge >= 0.3 is 17.9 Å². The normalized spacial score (nSPS) is 31.4. The van der Waals surface area contributed by atoms with Crippen molar-refractivity contribution in [2.24, 2.45) is 11.8 Å². The van der Waals surface area contributed by atoms with Crippen molar-refractivity contribution in [1.82, 2.24) is 9.80 Å². The molecule has 0 aromatic carbocycles. The average Bonchev–Trinajstić information content (AvgIpc) is 3.37. The Hall–Kier alpha value is -1.72. The van der Waals surface area contributed by atoms with Crippen molar-refractivity contribution < 1.29 is 33.4 Å². The van der Waals surface area contributed by atoms with Crippen molar-refractivity contribution in [3.05, 3.63) is 0 Å². The van der Waals surface area contributed by atoms with Crippen molar-refractivity contribution >= 4 is 52.1 Å². The molecular formula is C22H32N2O7S2. The number of methoxy groups -OCH3 is 1. The molecule has 3 aliphatic rings. The van der Waals surface area contributed by atoms with Crippen LogP contribution in [0.2, 0.25) is 0 Å². The Kier molecular flexibility index (Phi) is 7.75. The van der Waals surface area contributed by atoms with Gasteiger partial charge in [0, 0.05) is 12.6 Å². The average molecular weight is 501 g/mol. The van der Waals surface area contributed by atoms with Crippen LogP contribution < -0.4 is 0 Å². The number of hydrogen-bond acceptors (Lipinski definition) is 10. The second-order valence-corrected chi connectivity index (χ2v) is 10.8. The summed E-state index contributed by atoms with van der Waals surface area (Å²) in [6, 6.07) is -0.463. The van der Waals surface area contributed by atoms with Crippen LogP contribution in [0.1, 0.15) is 47.0 Å². The number of amides is 1. The quantitative estimate of drug-likeness (QED) is 0.278. The lowest BCUT2D eigenvalue weighted by Crippen LogP contribution is -2.68. The van der Waals surface area contributed by atoms with Gasteiger partial charge in [-0.05, 0) is 39.2 Å². The number of hydrogen-bond donors (Lipinski definition) is 0. The Morgan fingerprint density at radius 1 is 1.21 bits per heavy atom. The molecule has 3 rings (SSSR count). The maximum Gasteiger partial charge on any atom is 0.329 e. The van der Waals surface area contributed by atoms with E-state index in [1.54, 1.807) is 13.8 Å². The summed E-state index contributed by atoms with van der Waals surface area (Å²) >= 11 is 6.62. The van der Waals surface area contributed by atoms with Crippen molar-refractivity contribution in [2.45, 2.75) is 63.3 Å². The fraction of sp³-hybridized carbons (Fsp3) is 0.773. The zero-order valence-electron chi connectivity index (χ0n) is 19.8. The number of ether oxygens (including phenoxy) is 3. The molecule has 1 spiro atoms. The fourth-order valence-corrected chi connectivity index (χ4v) is 7.66. The molecule has 0 aromatic heterocycles. The van der Waals surface area contributed by atoms with Crippen molar-refractivity contribution in [1.29, 1.82) is 0 Å². The maximum atomic E-state index is 14.2. The van der Waals surface area contributed by atoms with Crippen LogP contribution in [-0.2, 0) is 33.4 Å². The van der Waals surface area contributed by atoms with Crippen LogP contribution in [0.4, 0.5) is 0 Å². The third kappa shape index (κ3) is 3.85. The van der Waals surface area contributed by atoms with E-state index in [0.717, 1.165) is 11.8 Å². The van der Waals surface area contributed by atoms with Gasteiger partial charge in [0.15, 0.2) is 5.54 Å². The third-order valence-electron chi connectivity index (χ3n) is 6.58. The summed E-state index contributed by atoms with van der Waals surface area (Å²) in [7, 11) is 1.26. The van der Waals surface area contributed by atoms with E-state index in [1.807, 2.05) is 18.7 Å². The molecule has 3 heterocycles. The Bertz CT molecular complexity index is 851. The molecule has 184 valence electrons. The Labute approximate surface area is 203 Å². The number of thiocarbonyl (C=S) groups is 1. The topological polar surface area (TPSA) is 102 Å². The van der Waals surface area contributed by atoms with Gasteiger partial charge in [-0.3, -0.25) is 24.2 Å². The van der Waals surface area contributed by atoms with Crippen LogP contribution in [0.5, 0.6) is 0 Å². The van der Waals surface area contributed by atoms with Crippen LogP contribution in [0.15, 0.2) is 0 Å². The van der Waals surface area contributed by atoms with Gasteiger partial charge in [-0.15, -0.1) is 0 Å². The lowest BCUT2D eigenvalue weighted by Gasteiger charge is -2.43. The predicted octanol–water partition coefficient (Wildman–Crippen LogP) is 1.76. The van der Waals surface area contributed by atoms with Gasteiger partial charge in [-0.2, -0.15) is 0 Å². The van der Waals surface area contributed by atoms with E-state index in [1.165, 1.54) is 12.0 Å². The molecule has 4 atom stereocenters. The van der Waals surface area contributed by atoms with Crippen LogP contribution in [-0.4, -0.2) is 87.7 Å². The highest BCUT2D eigenvalue weighted by atomic mass is 32.2. The van der Waals surface area contributed by atoms with E-state index < -0.39 is 52.5 Å².